The van der Waals surface area contributed by atoms with Crippen molar-refractivity contribution in [2.45, 2.75) is 36.8 Å². The smallest absolute Gasteiger partial charge is 0.154 e. The van der Waals surface area contributed by atoms with Crippen LogP contribution in [0, 0.1) is 5.41 Å². The largest absolute Gasteiger partial charge is 0.497 e. The standard InChI is InChI=1S/C24H28N4O3S/c1-24(2)22(27-26-21(14-29)32-24)16-7-10-19-15(12-16)6-5-11-28(19)23(25)18-9-8-17(30-3)13-20(18)31-4/h7-10,12-14,21,25-26H,5-6,11H2,1-4H3. The Morgan fingerprint density at radius 1 is 1.25 bits per heavy atom. The van der Waals surface area contributed by atoms with Crippen molar-refractivity contribution in [2.24, 2.45) is 5.10 Å². The summed E-state index contributed by atoms with van der Waals surface area (Å²) in [6.07, 6.45) is 2.78. The van der Waals surface area contributed by atoms with Gasteiger partial charge in [0.2, 0.25) is 0 Å². The summed E-state index contributed by atoms with van der Waals surface area (Å²) in [6.45, 7) is 4.95. The molecule has 2 aromatic carbocycles. The van der Waals surface area contributed by atoms with E-state index in [9.17, 15) is 4.79 Å². The van der Waals surface area contributed by atoms with Crippen LogP contribution in [0.5, 0.6) is 11.5 Å². The Kier molecular flexibility index (Phi) is 6.15. The third-order valence-electron chi connectivity index (χ3n) is 5.82. The monoisotopic (exact) mass is 452 g/mol. The van der Waals surface area contributed by atoms with Gasteiger partial charge in [-0.2, -0.15) is 5.10 Å². The number of carbonyl (C=O) groups is 1. The zero-order valence-corrected chi connectivity index (χ0v) is 19.6. The van der Waals surface area contributed by atoms with Gasteiger partial charge in [-0.05, 0) is 62.1 Å². The molecule has 0 amide bonds. The van der Waals surface area contributed by atoms with Gasteiger partial charge in [0.25, 0.3) is 0 Å². The molecule has 32 heavy (non-hydrogen) atoms. The molecular formula is C24H28N4O3S. The number of nitrogens with one attached hydrogen (secondary N) is 2. The number of aldehydes is 1. The van der Waals surface area contributed by atoms with Crippen molar-refractivity contribution in [1.29, 1.82) is 5.41 Å². The number of hydrogen-bond acceptors (Lipinski definition) is 7. The Bertz CT molecular complexity index is 1080. The van der Waals surface area contributed by atoms with Crippen LogP contribution in [-0.2, 0) is 11.2 Å². The van der Waals surface area contributed by atoms with E-state index >= 15 is 0 Å². The SMILES string of the molecule is COc1ccc(C(=N)N2CCCc3cc(C4=NNC(C=O)SC4(C)C)ccc32)c(OC)c1. The lowest BCUT2D eigenvalue weighted by atomic mass is 9.93. The molecule has 0 spiro atoms. The lowest BCUT2D eigenvalue weighted by molar-refractivity contribution is -0.107. The van der Waals surface area contributed by atoms with E-state index in [1.807, 2.05) is 17.0 Å². The van der Waals surface area contributed by atoms with Gasteiger partial charge in [-0.15, -0.1) is 11.8 Å². The lowest BCUT2D eigenvalue weighted by Gasteiger charge is -2.35. The van der Waals surface area contributed by atoms with E-state index in [-0.39, 0.29) is 10.1 Å². The third-order valence-corrected chi connectivity index (χ3v) is 7.08. The number of nitrogens with zero attached hydrogens (tertiary/aromatic N) is 2. The fourth-order valence-corrected chi connectivity index (χ4v) is 5.32. The van der Waals surface area contributed by atoms with Crippen molar-refractivity contribution in [3.63, 3.8) is 0 Å². The van der Waals surface area contributed by atoms with Crippen LogP contribution in [-0.4, -0.2) is 48.7 Å². The molecule has 7 nitrogen and oxygen atoms in total. The summed E-state index contributed by atoms with van der Waals surface area (Å²) in [6, 6.07) is 11.8. The molecule has 0 radical (unpaired) electrons. The fourth-order valence-electron chi connectivity index (χ4n) is 4.25. The highest BCUT2D eigenvalue weighted by atomic mass is 32.2. The number of fused-ring (bicyclic) bond motifs is 1. The molecule has 168 valence electrons. The molecule has 2 aromatic rings. The van der Waals surface area contributed by atoms with Gasteiger partial charge >= 0.3 is 0 Å². The molecule has 2 aliphatic heterocycles. The lowest BCUT2D eigenvalue weighted by Crippen LogP contribution is -2.42. The number of thioether (sulfide) groups is 1. The summed E-state index contributed by atoms with van der Waals surface area (Å²) in [5, 5.41) is 13.1. The maximum Gasteiger partial charge on any atom is 0.154 e. The zero-order valence-electron chi connectivity index (χ0n) is 18.8. The summed E-state index contributed by atoms with van der Waals surface area (Å²) < 4.78 is 10.5. The third kappa shape index (κ3) is 4.07. The molecule has 2 heterocycles. The maximum absolute atomic E-state index is 11.2. The van der Waals surface area contributed by atoms with Gasteiger partial charge in [-0.25, -0.2) is 0 Å². The number of ether oxygens (including phenoxy) is 2. The second kappa shape index (κ2) is 8.86. The van der Waals surface area contributed by atoms with Crippen molar-refractivity contribution < 1.29 is 14.3 Å². The number of hydrazone groups is 1. The minimum Gasteiger partial charge on any atom is -0.497 e. The first-order valence-electron chi connectivity index (χ1n) is 10.6. The first-order valence-corrected chi connectivity index (χ1v) is 11.4. The molecular weight excluding hydrogens is 424 g/mol. The fraction of sp³-hybridized carbons (Fsp3) is 0.375. The minimum atomic E-state index is -0.332. The van der Waals surface area contributed by atoms with Crippen LogP contribution in [0.3, 0.4) is 0 Å². The number of benzene rings is 2. The Morgan fingerprint density at radius 3 is 2.75 bits per heavy atom. The molecule has 0 aromatic heterocycles. The molecule has 0 saturated carbocycles. The van der Waals surface area contributed by atoms with E-state index in [0.29, 0.717) is 17.3 Å². The second-order valence-electron chi connectivity index (χ2n) is 8.29. The van der Waals surface area contributed by atoms with E-state index < -0.39 is 0 Å². The number of aryl methyl sites for hydroxylation is 1. The Balaban J connectivity index is 1.67. The van der Waals surface area contributed by atoms with E-state index in [2.05, 4.69) is 42.6 Å². The summed E-state index contributed by atoms with van der Waals surface area (Å²) in [5.41, 5.74) is 7.84. The highest BCUT2D eigenvalue weighted by Crippen LogP contribution is 2.37. The van der Waals surface area contributed by atoms with Crippen molar-refractivity contribution in [1.82, 2.24) is 5.43 Å². The molecule has 0 fully saturated rings. The number of hydrogen-bond donors (Lipinski definition) is 2. The van der Waals surface area contributed by atoms with Crippen LogP contribution in [0.15, 0.2) is 41.5 Å². The topological polar surface area (TPSA) is 87.0 Å². The highest BCUT2D eigenvalue weighted by molar-refractivity contribution is 8.02. The van der Waals surface area contributed by atoms with Crippen LogP contribution in [0.4, 0.5) is 5.69 Å². The van der Waals surface area contributed by atoms with Gasteiger partial charge in [0, 0.05) is 18.3 Å². The molecule has 1 unspecified atom stereocenters. The Hall–Kier alpha value is -3.00. The van der Waals surface area contributed by atoms with Gasteiger partial charge in [0.1, 0.15) is 22.7 Å². The maximum atomic E-state index is 11.2. The minimum absolute atomic E-state index is 0.289. The van der Waals surface area contributed by atoms with Gasteiger partial charge in [-0.3, -0.25) is 10.8 Å². The van der Waals surface area contributed by atoms with Crippen LogP contribution >= 0.6 is 11.8 Å². The molecule has 2 N–H and O–H groups in total. The van der Waals surface area contributed by atoms with Crippen LogP contribution in [0.1, 0.15) is 37.0 Å². The van der Waals surface area contributed by atoms with Gasteiger partial charge in [-0.1, -0.05) is 6.07 Å². The summed E-state index contributed by atoms with van der Waals surface area (Å²) in [4.78, 5) is 13.2. The van der Waals surface area contributed by atoms with E-state index in [1.165, 1.54) is 5.56 Å². The summed E-state index contributed by atoms with van der Waals surface area (Å²) in [5.74, 6) is 1.71. The van der Waals surface area contributed by atoms with E-state index in [0.717, 1.165) is 48.2 Å². The van der Waals surface area contributed by atoms with Gasteiger partial charge < -0.3 is 19.2 Å². The van der Waals surface area contributed by atoms with E-state index in [4.69, 9.17) is 14.9 Å². The van der Waals surface area contributed by atoms with Crippen molar-refractivity contribution in [3.8, 4) is 11.5 Å². The summed E-state index contributed by atoms with van der Waals surface area (Å²) in [7, 11) is 3.22. The van der Waals surface area contributed by atoms with Crippen LogP contribution < -0.4 is 19.8 Å². The number of rotatable bonds is 5. The van der Waals surface area contributed by atoms with E-state index in [1.54, 1.807) is 32.0 Å². The Labute approximate surface area is 192 Å². The predicted molar refractivity (Wildman–Crippen MR) is 130 cm³/mol. The van der Waals surface area contributed by atoms with Crippen molar-refractivity contribution >= 4 is 35.3 Å². The molecule has 0 aliphatic carbocycles. The number of carbonyl (C=O) groups excluding carboxylic acids is 1. The molecule has 0 bridgehead atoms. The number of methoxy groups -OCH3 is 2. The highest BCUT2D eigenvalue weighted by Gasteiger charge is 2.35. The predicted octanol–water partition coefficient (Wildman–Crippen LogP) is 3.83. The van der Waals surface area contributed by atoms with Crippen molar-refractivity contribution in [2.75, 3.05) is 25.7 Å². The molecule has 8 heteroatoms. The molecule has 2 aliphatic rings. The Morgan fingerprint density at radius 2 is 2.06 bits per heavy atom. The molecule has 0 saturated heterocycles. The molecule has 1 atom stereocenters. The second-order valence-corrected chi connectivity index (χ2v) is 10.1. The van der Waals surface area contributed by atoms with Crippen LogP contribution in [0.25, 0.3) is 0 Å². The molecule has 4 rings (SSSR count). The average molecular weight is 453 g/mol. The van der Waals surface area contributed by atoms with Gasteiger partial charge in [0.05, 0.1) is 30.2 Å². The normalized spacial score (nSPS) is 19.3. The number of amidine groups is 1. The number of anilines is 1. The summed E-state index contributed by atoms with van der Waals surface area (Å²) >= 11 is 1.56. The van der Waals surface area contributed by atoms with Gasteiger partial charge in [0.15, 0.2) is 6.29 Å². The zero-order chi connectivity index (χ0) is 22.9. The first kappa shape index (κ1) is 22.2. The first-order chi connectivity index (χ1) is 15.4. The average Bonchev–Trinajstić information content (AvgIpc) is 2.81. The van der Waals surface area contributed by atoms with Crippen LogP contribution in [0.2, 0.25) is 0 Å². The quantitative estimate of drug-likeness (QED) is 0.407. The van der Waals surface area contributed by atoms with Crippen molar-refractivity contribution in [3.05, 3.63) is 53.1 Å².